The largest absolute Gasteiger partial charge is 0.219 e. The molecule has 1 aliphatic heterocycles. The Morgan fingerprint density at radius 2 is 2.00 bits per heavy atom. The summed E-state index contributed by atoms with van der Waals surface area (Å²) in [5, 5.41) is 1.74. The quantitative estimate of drug-likeness (QED) is 0.643. The molecule has 0 aliphatic carbocycles. The van der Waals surface area contributed by atoms with Gasteiger partial charge in [0.15, 0.2) is 9.84 Å². The van der Waals surface area contributed by atoms with Gasteiger partial charge in [-0.3, -0.25) is 0 Å². The summed E-state index contributed by atoms with van der Waals surface area (Å²) < 4.78 is 22.5. The molecule has 0 amide bonds. The molecule has 1 aromatic carbocycles. The van der Waals surface area contributed by atoms with Crippen molar-refractivity contribution >= 4 is 27.5 Å². The lowest BCUT2D eigenvalue weighted by Crippen LogP contribution is -1.92. The lowest BCUT2D eigenvalue weighted by molar-refractivity contribution is 0.605. The van der Waals surface area contributed by atoms with Crippen molar-refractivity contribution in [1.82, 2.24) is 0 Å². The van der Waals surface area contributed by atoms with E-state index in [4.69, 9.17) is 11.6 Å². The van der Waals surface area contributed by atoms with E-state index >= 15 is 0 Å². The van der Waals surface area contributed by atoms with Crippen LogP contribution >= 0.6 is 11.6 Å². The van der Waals surface area contributed by atoms with Gasteiger partial charge in [-0.2, -0.15) is 0 Å². The van der Waals surface area contributed by atoms with E-state index in [0.717, 1.165) is 0 Å². The zero-order valence-corrected chi connectivity index (χ0v) is 7.56. The molecule has 1 aromatic rings. The fourth-order valence-electron chi connectivity index (χ4n) is 1.14. The smallest absolute Gasteiger partial charge is 0.200 e. The lowest BCUT2D eigenvalue weighted by Gasteiger charge is -1.97. The van der Waals surface area contributed by atoms with Crippen LogP contribution in [0.3, 0.4) is 0 Å². The van der Waals surface area contributed by atoms with Crippen molar-refractivity contribution in [2.24, 2.45) is 0 Å². The maximum Gasteiger partial charge on any atom is 0.200 e. The number of hydrogen-bond donors (Lipinski definition) is 0. The highest BCUT2D eigenvalue weighted by molar-refractivity contribution is 7.94. The van der Waals surface area contributed by atoms with Crippen molar-refractivity contribution in [3.05, 3.63) is 34.2 Å². The summed E-state index contributed by atoms with van der Waals surface area (Å²) in [5.41, 5.74) is 0.669. The number of fused-ring (bicyclic) bond motifs is 1. The summed E-state index contributed by atoms with van der Waals surface area (Å²) in [5.74, 6) is 0. The molecule has 0 fully saturated rings. The molecule has 0 radical (unpaired) electrons. The summed E-state index contributed by atoms with van der Waals surface area (Å²) in [6, 6.07) is 4.73. The summed E-state index contributed by atoms with van der Waals surface area (Å²) in [6.45, 7) is 0. The Labute approximate surface area is 75.4 Å². The van der Waals surface area contributed by atoms with Crippen LogP contribution in [0, 0.1) is 0 Å². The Morgan fingerprint density at radius 1 is 1.25 bits per heavy atom. The van der Waals surface area contributed by atoms with Gasteiger partial charge in [-0.15, -0.1) is 0 Å². The van der Waals surface area contributed by atoms with E-state index in [1.54, 1.807) is 18.2 Å². The molecule has 1 heterocycles. The average molecular weight is 201 g/mol. The second-order valence-electron chi connectivity index (χ2n) is 2.53. The second kappa shape index (κ2) is 2.34. The maximum atomic E-state index is 11.2. The highest BCUT2D eigenvalue weighted by Crippen LogP contribution is 2.28. The molecular weight excluding hydrogens is 196 g/mol. The van der Waals surface area contributed by atoms with Crippen LogP contribution in [-0.2, 0) is 9.84 Å². The summed E-state index contributed by atoms with van der Waals surface area (Å²) in [6.07, 6.45) is 1.55. The van der Waals surface area contributed by atoms with Crippen LogP contribution in [0.15, 0.2) is 28.5 Å². The van der Waals surface area contributed by atoms with Gasteiger partial charge in [0.25, 0.3) is 0 Å². The molecule has 62 valence electrons. The molecule has 0 saturated carbocycles. The SMILES string of the molecule is O=S1(=O)C=Cc2cc(Cl)ccc21. The van der Waals surface area contributed by atoms with Crippen LogP contribution in [0.4, 0.5) is 0 Å². The summed E-state index contributed by atoms with van der Waals surface area (Å²) in [4.78, 5) is 0.340. The first kappa shape index (κ1) is 7.83. The Bertz CT molecular complexity index is 460. The first-order valence-corrected chi connectivity index (χ1v) is 5.25. The molecular formula is C8H5ClO2S. The molecule has 2 rings (SSSR count). The van der Waals surface area contributed by atoms with Crippen molar-refractivity contribution in [3.63, 3.8) is 0 Å². The molecule has 0 N–H and O–H groups in total. The zero-order valence-electron chi connectivity index (χ0n) is 5.99. The molecule has 1 aliphatic rings. The minimum atomic E-state index is -3.16. The molecule has 0 saturated heterocycles. The van der Waals surface area contributed by atoms with Crippen molar-refractivity contribution < 1.29 is 8.42 Å². The average Bonchev–Trinajstić information content (AvgIpc) is 2.27. The number of hydrogen-bond acceptors (Lipinski definition) is 2. The number of halogens is 1. The molecule has 4 heteroatoms. The lowest BCUT2D eigenvalue weighted by atomic mass is 10.2. The Kier molecular flexibility index (Phi) is 1.53. The number of sulfone groups is 1. The minimum Gasteiger partial charge on any atom is -0.219 e. The zero-order chi connectivity index (χ0) is 8.77. The molecule has 0 spiro atoms. The third-order valence-corrected chi connectivity index (χ3v) is 3.42. The van der Waals surface area contributed by atoms with Crippen molar-refractivity contribution in [2.75, 3.05) is 0 Å². The van der Waals surface area contributed by atoms with Crippen LogP contribution in [-0.4, -0.2) is 8.42 Å². The van der Waals surface area contributed by atoms with Crippen LogP contribution in [0.25, 0.3) is 6.08 Å². The summed E-state index contributed by atoms with van der Waals surface area (Å²) >= 11 is 5.69. The monoisotopic (exact) mass is 200 g/mol. The van der Waals surface area contributed by atoms with E-state index in [2.05, 4.69) is 0 Å². The first-order chi connectivity index (χ1) is 5.59. The maximum absolute atomic E-state index is 11.2. The van der Waals surface area contributed by atoms with Crippen LogP contribution in [0.2, 0.25) is 5.02 Å². The van der Waals surface area contributed by atoms with Gasteiger partial charge in [0.1, 0.15) is 0 Å². The molecule has 0 aromatic heterocycles. The van der Waals surface area contributed by atoms with E-state index < -0.39 is 9.84 Å². The highest BCUT2D eigenvalue weighted by Gasteiger charge is 2.19. The molecule has 0 bridgehead atoms. The minimum absolute atomic E-state index is 0.340. The fraction of sp³-hybridized carbons (Fsp3) is 0. The highest BCUT2D eigenvalue weighted by atomic mass is 35.5. The van der Waals surface area contributed by atoms with Crippen LogP contribution in [0.1, 0.15) is 5.56 Å². The molecule has 2 nitrogen and oxygen atoms in total. The van der Waals surface area contributed by atoms with Gasteiger partial charge in [0, 0.05) is 10.4 Å². The van der Waals surface area contributed by atoms with Crippen LogP contribution in [0.5, 0.6) is 0 Å². The van der Waals surface area contributed by atoms with E-state index in [1.165, 1.54) is 11.5 Å². The molecule has 0 atom stereocenters. The van der Waals surface area contributed by atoms with E-state index in [9.17, 15) is 8.42 Å². The predicted molar refractivity (Wildman–Crippen MR) is 47.7 cm³/mol. The van der Waals surface area contributed by atoms with E-state index in [0.29, 0.717) is 15.5 Å². The van der Waals surface area contributed by atoms with E-state index in [1.807, 2.05) is 0 Å². The van der Waals surface area contributed by atoms with Gasteiger partial charge < -0.3 is 0 Å². The molecule has 12 heavy (non-hydrogen) atoms. The third-order valence-electron chi connectivity index (χ3n) is 1.71. The first-order valence-electron chi connectivity index (χ1n) is 3.32. The number of benzene rings is 1. The second-order valence-corrected chi connectivity index (χ2v) is 4.77. The topological polar surface area (TPSA) is 34.1 Å². The van der Waals surface area contributed by atoms with Gasteiger partial charge in [-0.05, 0) is 29.8 Å². The van der Waals surface area contributed by atoms with Crippen molar-refractivity contribution in [2.45, 2.75) is 4.90 Å². The summed E-state index contributed by atoms with van der Waals surface area (Å²) in [7, 11) is -3.16. The third kappa shape index (κ3) is 1.06. The standard InChI is InChI=1S/C8H5ClO2S/c9-7-1-2-8-6(5-7)3-4-12(8,10)11/h1-5H. The van der Waals surface area contributed by atoms with Crippen molar-refractivity contribution in [3.8, 4) is 0 Å². The normalized spacial score (nSPS) is 17.8. The fourth-order valence-corrected chi connectivity index (χ4v) is 2.51. The van der Waals surface area contributed by atoms with Gasteiger partial charge >= 0.3 is 0 Å². The van der Waals surface area contributed by atoms with Gasteiger partial charge in [0.2, 0.25) is 0 Å². The predicted octanol–water partition coefficient (Wildman–Crippen LogP) is 2.10. The van der Waals surface area contributed by atoms with Gasteiger partial charge in [-0.25, -0.2) is 8.42 Å². The molecule has 0 unspecified atom stereocenters. The van der Waals surface area contributed by atoms with Gasteiger partial charge in [0.05, 0.1) is 4.90 Å². The number of rotatable bonds is 0. The Balaban J connectivity index is 2.78. The van der Waals surface area contributed by atoms with Crippen molar-refractivity contribution in [1.29, 1.82) is 0 Å². The van der Waals surface area contributed by atoms with Crippen LogP contribution < -0.4 is 0 Å². The Morgan fingerprint density at radius 3 is 2.75 bits per heavy atom. The van der Waals surface area contributed by atoms with Gasteiger partial charge in [-0.1, -0.05) is 11.6 Å². The Hall–Kier alpha value is -0.800. The van der Waals surface area contributed by atoms with E-state index in [-0.39, 0.29) is 0 Å².